The lowest BCUT2D eigenvalue weighted by molar-refractivity contribution is 0.0906. The average Bonchev–Trinajstić information content (AvgIpc) is 3.13. The monoisotopic (exact) mass is 242 g/mol. The molecule has 1 rings (SSSR count). The van der Waals surface area contributed by atoms with E-state index in [1.165, 1.54) is 25.7 Å². The smallest absolute Gasteiger partial charge is 0.0589 e. The molecule has 0 saturated heterocycles. The summed E-state index contributed by atoms with van der Waals surface area (Å²) in [6, 6.07) is 2.13. The molecule has 0 aromatic rings. The van der Waals surface area contributed by atoms with Gasteiger partial charge in [0, 0.05) is 31.8 Å². The van der Waals surface area contributed by atoms with Crippen LogP contribution in [-0.2, 0) is 4.74 Å². The third kappa shape index (κ3) is 5.84. The second-order valence-electron chi connectivity index (χ2n) is 5.35. The first kappa shape index (κ1) is 14.9. The summed E-state index contributed by atoms with van der Waals surface area (Å²) in [6.45, 7) is 9.98. The van der Waals surface area contributed by atoms with E-state index in [1.807, 2.05) is 0 Å². The predicted molar refractivity (Wildman–Crippen MR) is 73.4 cm³/mol. The summed E-state index contributed by atoms with van der Waals surface area (Å²) in [5, 5.41) is 3.60. The lowest BCUT2D eigenvalue weighted by Gasteiger charge is -2.34. The van der Waals surface area contributed by atoms with Gasteiger partial charge in [-0.2, -0.15) is 0 Å². The Labute approximate surface area is 107 Å². The van der Waals surface area contributed by atoms with Crippen LogP contribution in [0.3, 0.4) is 0 Å². The fourth-order valence-electron chi connectivity index (χ4n) is 2.26. The van der Waals surface area contributed by atoms with Crippen molar-refractivity contribution in [3.8, 4) is 0 Å². The van der Waals surface area contributed by atoms with Crippen LogP contribution in [0.2, 0.25) is 0 Å². The third-order valence-corrected chi connectivity index (χ3v) is 3.85. The van der Waals surface area contributed by atoms with E-state index in [2.05, 4.69) is 31.0 Å². The molecule has 2 atom stereocenters. The van der Waals surface area contributed by atoms with Gasteiger partial charge in [0.1, 0.15) is 0 Å². The summed E-state index contributed by atoms with van der Waals surface area (Å²) in [4.78, 5) is 2.58. The number of methoxy groups -OCH3 is 1. The van der Waals surface area contributed by atoms with Crippen molar-refractivity contribution in [1.29, 1.82) is 0 Å². The maximum atomic E-state index is 5.21. The number of nitrogens with zero attached hydrogens (tertiary/aromatic N) is 1. The summed E-state index contributed by atoms with van der Waals surface area (Å²) in [5.41, 5.74) is 0. The molecule has 1 saturated carbocycles. The Morgan fingerprint density at radius 2 is 2.00 bits per heavy atom. The molecule has 1 N–H and O–H groups in total. The fourth-order valence-corrected chi connectivity index (χ4v) is 2.26. The first-order valence-corrected chi connectivity index (χ1v) is 7.17. The molecule has 102 valence electrons. The molecular weight excluding hydrogens is 212 g/mol. The van der Waals surface area contributed by atoms with Crippen molar-refractivity contribution in [1.82, 2.24) is 10.2 Å². The highest BCUT2D eigenvalue weighted by Gasteiger charge is 2.22. The molecule has 1 fully saturated rings. The van der Waals surface area contributed by atoms with Crippen LogP contribution >= 0.6 is 0 Å². The van der Waals surface area contributed by atoms with Crippen LogP contribution in [0, 0.1) is 0 Å². The molecular formula is C14H30N2O. The van der Waals surface area contributed by atoms with Gasteiger partial charge in [-0.25, -0.2) is 0 Å². The van der Waals surface area contributed by atoms with E-state index in [1.54, 1.807) is 7.11 Å². The van der Waals surface area contributed by atoms with Crippen molar-refractivity contribution in [2.24, 2.45) is 0 Å². The van der Waals surface area contributed by atoms with E-state index in [-0.39, 0.29) is 0 Å². The van der Waals surface area contributed by atoms with E-state index in [0.717, 1.165) is 25.7 Å². The Morgan fingerprint density at radius 1 is 1.29 bits per heavy atom. The maximum absolute atomic E-state index is 5.21. The zero-order valence-electron chi connectivity index (χ0n) is 12.0. The molecule has 0 heterocycles. The number of nitrogens with one attached hydrogen (secondary N) is 1. The van der Waals surface area contributed by atoms with E-state index in [9.17, 15) is 0 Å². The molecule has 0 aromatic carbocycles. The summed E-state index contributed by atoms with van der Waals surface area (Å²) < 4.78 is 5.21. The Kier molecular flexibility index (Phi) is 7.09. The van der Waals surface area contributed by atoms with Crippen molar-refractivity contribution in [2.45, 2.75) is 64.6 Å². The van der Waals surface area contributed by atoms with Crippen molar-refractivity contribution >= 4 is 0 Å². The second-order valence-corrected chi connectivity index (χ2v) is 5.35. The molecule has 0 aromatic heterocycles. The summed E-state index contributed by atoms with van der Waals surface area (Å²) in [6.07, 6.45) is 5.22. The van der Waals surface area contributed by atoms with Crippen LogP contribution < -0.4 is 5.32 Å². The van der Waals surface area contributed by atoms with Gasteiger partial charge in [0.05, 0.1) is 6.61 Å². The maximum Gasteiger partial charge on any atom is 0.0589 e. The number of hydrogen-bond donors (Lipinski definition) is 1. The van der Waals surface area contributed by atoms with Crippen LogP contribution in [-0.4, -0.2) is 49.8 Å². The van der Waals surface area contributed by atoms with Crippen molar-refractivity contribution < 1.29 is 4.74 Å². The van der Waals surface area contributed by atoms with Crippen LogP contribution in [0.5, 0.6) is 0 Å². The van der Waals surface area contributed by atoms with Gasteiger partial charge in [-0.1, -0.05) is 6.92 Å². The minimum Gasteiger partial charge on any atom is -0.383 e. The Bertz CT molecular complexity index is 195. The molecule has 0 spiro atoms. The lowest BCUT2D eigenvalue weighted by atomic mass is 10.1. The predicted octanol–water partition coefficient (Wildman–Crippen LogP) is 2.26. The Hall–Kier alpha value is -0.120. The van der Waals surface area contributed by atoms with E-state index in [4.69, 9.17) is 4.74 Å². The van der Waals surface area contributed by atoms with Crippen LogP contribution in [0.15, 0.2) is 0 Å². The highest BCUT2D eigenvalue weighted by atomic mass is 16.5. The normalized spacial score (nSPS) is 19.6. The van der Waals surface area contributed by atoms with Crippen molar-refractivity contribution in [3.05, 3.63) is 0 Å². The van der Waals surface area contributed by atoms with E-state index < -0.39 is 0 Å². The minimum absolute atomic E-state index is 0.645. The van der Waals surface area contributed by atoms with Crippen molar-refractivity contribution in [2.75, 3.05) is 26.8 Å². The zero-order chi connectivity index (χ0) is 12.7. The van der Waals surface area contributed by atoms with Gasteiger partial charge >= 0.3 is 0 Å². The first-order chi connectivity index (χ1) is 8.19. The fraction of sp³-hybridized carbons (Fsp3) is 1.00. The first-order valence-electron chi connectivity index (χ1n) is 7.17. The van der Waals surface area contributed by atoms with Gasteiger partial charge in [0.15, 0.2) is 0 Å². The second kappa shape index (κ2) is 8.06. The largest absolute Gasteiger partial charge is 0.383 e. The van der Waals surface area contributed by atoms with Gasteiger partial charge in [-0.15, -0.1) is 0 Å². The van der Waals surface area contributed by atoms with E-state index in [0.29, 0.717) is 12.1 Å². The highest BCUT2D eigenvalue weighted by Crippen LogP contribution is 2.19. The van der Waals surface area contributed by atoms with E-state index >= 15 is 0 Å². The topological polar surface area (TPSA) is 24.5 Å². The molecule has 1 aliphatic rings. The zero-order valence-corrected chi connectivity index (χ0v) is 12.0. The Balaban J connectivity index is 2.25. The van der Waals surface area contributed by atoms with Crippen LogP contribution in [0.1, 0.15) is 46.5 Å². The summed E-state index contributed by atoms with van der Waals surface area (Å²) in [7, 11) is 1.79. The molecule has 3 nitrogen and oxygen atoms in total. The quantitative estimate of drug-likeness (QED) is 0.636. The summed E-state index contributed by atoms with van der Waals surface area (Å²) in [5.74, 6) is 0. The number of ether oxygens (including phenoxy) is 1. The molecule has 0 bridgehead atoms. The molecule has 0 radical (unpaired) electrons. The van der Waals surface area contributed by atoms with Crippen LogP contribution in [0.25, 0.3) is 0 Å². The number of hydrogen-bond acceptors (Lipinski definition) is 3. The molecule has 0 aliphatic heterocycles. The van der Waals surface area contributed by atoms with Gasteiger partial charge in [-0.05, 0) is 46.1 Å². The molecule has 2 unspecified atom stereocenters. The van der Waals surface area contributed by atoms with Crippen LogP contribution in [0.4, 0.5) is 0 Å². The van der Waals surface area contributed by atoms with Gasteiger partial charge in [-0.3, -0.25) is 4.90 Å². The standard InChI is InChI=1S/C14H30N2O/c1-5-12(2)16(10-11-17-4)13(3)8-9-15-14-6-7-14/h12-15H,5-11H2,1-4H3. The van der Waals surface area contributed by atoms with Crippen molar-refractivity contribution in [3.63, 3.8) is 0 Å². The molecule has 3 heteroatoms. The summed E-state index contributed by atoms with van der Waals surface area (Å²) >= 11 is 0. The van der Waals surface area contributed by atoms with Gasteiger partial charge in [0.25, 0.3) is 0 Å². The lowest BCUT2D eigenvalue weighted by Crippen LogP contribution is -2.43. The number of rotatable bonds is 10. The average molecular weight is 242 g/mol. The minimum atomic E-state index is 0.645. The SMILES string of the molecule is CCC(C)N(CCOC)C(C)CCNC1CC1. The molecule has 1 aliphatic carbocycles. The van der Waals surface area contributed by atoms with Gasteiger partial charge < -0.3 is 10.1 Å². The Morgan fingerprint density at radius 3 is 2.53 bits per heavy atom. The van der Waals surface area contributed by atoms with Gasteiger partial charge in [0.2, 0.25) is 0 Å². The molecule has 0 amide bonds. The molecule has 17 heavy (non-hydrogen) atoms. The third-order valence-electron chi connectivity index (χ3n) is 3.85. The highest BCUT2D eigenvalue weighted by molar-refractivity contribution is 4.82.